The van der Waals surface area contributed by atoms with E-state index in [1.807, 2.05) is 0 Å². The van der Waals surface area contributed by atoms with Crippen LogP contribution in [-0.4, -0.2) is 24.8 Å². The highest BCUT2D eigenvalue weighted by Gasteiger charge is 2.38. The molecular weight excluding hydrogens is 363 g/mol. The van der Waals surface area contributed by atoms with E-state index in [1.165, 1.54) is 19.1 Å². The highest BCUT2D eigenvalue weighted by atomic mass is 19.4. The molecule has 0 aliphatic carbocycles. The van der Waals surface area contributed by atoms with Crippen molar-refractivity contribution in [1.29, 1.82) is 0 Å². The Morgan fingerprint density at radius 3 is 2.37 bits per heavy atom. The molecule has 1 N–H and O–H groups in total. The molecule has 1 aromatic carbocycles. The van der Waals surface area contributed by atoms with Crippen molar-refractivity contribution in [3.05, 3.63) is 58.0 Å². The van der Waals surface area contributed by atoms with E-state index >= 15 is 0 Å². The number of hydrogen-bond donors (Lipinski definition) is 1. The summed E-state index contributed by atoms with van der Waals surface area (Å²) in [6.07, 6.45) is -4.71. The van der Waals surface area contributed by atoms with Gasteiger partial charge >= 0.3 is 6.18 Å². The van der Waals surface area contributed by atoms with E-state index in [1.54, 1.807) is 25.1 Å². The van der Waals surface area contributed by atoms with Gasteiger partial charge in [-0.15, -0.1) is 10.2 Å². The van der Waals surface area contributed by atoms with Gasteiger partial charge in [-0.25, -0.2) is 4.98 Å². The van der Waals surface area contributed by atoms with Gasteiger partial charge < -0.3 is 4.42 Å². The molecule has 10 heteroatoms. The van der Waals surface area contributed by atoms with Crippen LogP contribution in [0.2, 0.25) is 0 Å². The van der Waals surface area contributed by atoms with Gasteiger partial charge in [0, 0.05) is 6.92 Å². The molecule has 27 heavy (non-hydrogen) atoms. The molecule has 0 aliphatic rings. The molecule has 3 heterocycles. The first-order valence-corrected chi connectivity index (χ1v) is 7.86. The minimum Gasteiger partial charge on any atom is -0.421 e. The second-order valence-electron chi connectivity index (χ2n) is 5.89. The summed E-state index contributed by atoms with van der Waals surface area (Å²) >= 11 is 0. The predicted molar refractivity (Wildman–Crippen MR) is 89.0 cm³/mol. The molecule has 0 unspecified atom stereocenters. The number of nitrogens with zero attached hydrogens (tertiary/aromatic N) is 4. The van der Waals surface area contributed by atoms with E-state index in [-0.39, 0.29) is 39.8 Å². The lowest BCUT2D eigenvalue weighted by atomic mass is 10.1. The number of aromatic amines is 1. The second kappa shape index (κ2) is 5.79. The first-order valence-electron chi connectivity index (χ1n) is 7.86. The van der Waals surface area contributed by atoms with Crippen molar-refractivity contribution >= 4 is 5.65 Å². The Hall–Kier alpha value is -3.43. The maximum Gasteiger partial charge on any atom is 0.433 e. The highest BCUT2D eigenvalue weighted by Crippen LogP contribution is 2.38. The van der Waals surface area contributed by atoms with Crippen LogP contribution in [0, 0.1) is 13.8 Å². The summed E-state index contributed by atoms with van der Waals surface area (Å²) in [6.45, 7) is 3.05. The van der Waals surface area contributed by atoms with Gasteiger partial charge in [-0.2, -0.15) is 17.7 Å². The van der Waals surface area contributed by atoms with Crippen LogP contribution < -0.4 is 5.56 Å². The number of rotatable bonds is 2. The maximum absolute atomic E-state index is 13.6. The Morgan fingerprint density at radius 2 is 1.78 bits per heavy atom. The smallest absolute Gasteiger partial charge is 0.421 e. The summed E-state index contributed by atoms with van der Waals surface area (Å²) in [4.78, 5) is 17.1. The van der Waals surface area contributed by atoms with E-state index in [9.17, 15) is 18.0 Å². The normalized spacial score (nSPS) is 12.0. The van der Waals surface area contributed by atoms with Crippen molar-refractivity contribution < 1.29 is 17.6 Å². The summed E-state index contributed by atoms with van der Waals surface area (Å²) in [6, 6.07) is 7.95. The molecule has 0 atom stereocenters. The summed E-state index contributed by atoms with van der Waals surface area (Å²) in [5, 5.41) is 9.57. The van der Waals surface area contributed by atoms with Crippen LogP contribution in [-0.2, 0) is 6.18 Å². The molecule has 4 aromatic rings. The lowest BCUT2D eigenvalue weighted by Gasteiger charge is -2.07. The molecule has 0 spiro atoms. The molecular formula is C17H12F3N5O2. The average molecular weight is 375 g/mol. The van der Waals surface area contributed by atoms with Crippen molar-refractivity contribution in [3.8, 4) is 22.6 Å². The van der Waals surface area contributed by atoms with E-state index in [0.717, 1.165) is 4.52 Å². The van der Waals surface area contributed by atoms with Crippen molar-refractivity contribution in [2.45, 2.75) is 20.0 Å². The van der Waals surface area contributed by atoms with E-state index in [0.29, 0.717) is 0 Å². The quantitative estimate of drug-likeness (QED) is 0.580. The minimum atomic E-state index is -4.71. The van der Waals surface area contributed by atoms with Gasteiger partial charge in [-0.1, -0.05) is 30.3 Å². The zero-order valence-corrected chi connectivity index (χ0v) is 14.1. The molecule has 0 bridgehead atoms. The molecule has 3 aromatic heterocycles. The first-order chi connectivity index (χ1) is 12.8. The fraction of sp³-hybridized carbons (Fsp3) is 0.176. The lowest BCUT2D eigenvalue weighted by Crippen LogP contribution is -2.20. The number of aryl methyl sites for hydroxylation is 2. The van der Waals surface area contributed by atoms with Crippen LogP contribution in [0.5, 0.6) is 0 Å². The topological polar surface area (TPSA) is 89.1 Å². The Balaban J connectivity index is 2.10. The molecule has 0 radical (unpaired) electrons. The van der Waals surface area contributed by atoms with Gasteiger partial charge in [-0.05, 0) is 12.5 Å². The predicted octanol–water partition coefficient (Wildman–Crippen LogP) is 3.38. The summed E-state index contributed by atoms with van der Waals surface area (Å²) in [5.74, 6) is 0.127. The molecule has 138 valence electrons. The number of halogens is 3. The Labute approximate surface area is 149 Å². The van der Waals surface area contributed by atoms with Crippen LogP contribution in [0.25, 0.3) is 28.2 Å². The number of benzene rings is 1. The zero-order chi connectivity index (χ0) is 19.3. The third-order valence-corrected chi connectivity index (χ3v) is 4.05. The fourth-order valence-corrected chi connectivity index (χ4v) is 2.91. The lowest BCUT2D eigenvalue weighted by molar-refractivity contribution is -0.140. The standard InChI is InChI=1S/C17H12F3N5O2/c1-8-11(15-23-22-9(2)27-15)16(26)25-14(21-8)12(10-6-4-3-5-7-10)13(24-25)17(18,19)20/h3-7,24H,1-2H3. The molecule has 0 aliphatic heterocycles. The monoisotopic (exact) mass is 375 g/mol. The van der Waals surface area contributed by atoms with Gasteiger partial charge in [0.05, 0.1) is 11.3 Å². The van der Waals surface area contributed by atoms with E-state index < -0.39 is 17.4 Å². The van der Waals surface area contributed by atoms with Crippen molar-refractivity contribution in [2.24, 2.45) is 0 Å². The number of alkyl halides is 3. The van der Waals surface area contributed by atoms with Crippen molar-refractivity contribution in [3.63, 3.8) is 0 Å². The highest BCUT2D eigenvalue weighted by molar-refractivity contribution is 5.81. The number of nitrogens with one attached hydrogen (secondary N) is 1. The largest absolute Gasteiger partial charge is 0.433 e. The Bertz CT molecular complexity index is 1210. The Morgan fingerprint density at radius 1 is 1.07 bits per heavy atom. The number of fused-ring (bicyclic) bond motifs is 1. The number of hydrogen-bond acceptors (Lipinski definition) is 5. The summed E-state index contributed by atoms with van der Waals surface area (Å²) in [5.41, 5.74) is -1.72. The fourth-order valence-electron chi connectivity index (χ4n) is 2.91. The van der Waals surface area contributed by atoms with Crippen molar-refractivity contribution in [2.75, 3.05) is 0 Å². The third kappa shape index (κ3) is 2.69. The van der Waals surface area contributed by atoms with E-state index in [4.69, 9.17) is 4.42 Å². The SMILES string of the molecule is Cc1nnc(-c2c(C)nc3c(-c4ccccc4)c(C(F)(F)F)[nH]n3c2=O)o1. The summed E-state index contributed by atoms with van der Waals surface area (Å²) in [7, 11) is 0. The molecule has 0 saturated carbocycles. The molecule has 0 amide bonds. The van der Waals surface area contributed by atoms with Crippen LogP contribution in [0.4, 0.5) is 13.2 Å². The molecule has 0 fully saturated rings. The van der Waals surface area contributed by atoms with Crippen LogP contribution >= 0.6 is 0 Å². The van der Waals surface area contributed by atoms with Crippen LogP contribution in [0.3, 0.4) is 0 Å². The third-order valence-electron chi connectivity index (χ3n) is 4.05. The minimum absolute atomic E-state index is 0.0531. The van der Waals surface area contributed by atoms with Crippen LogP contribution in [0.15, 0.2) is 39.5 Å². The summed E-state index contributed by atoms with van der Waals surface area (Å²) < 4.78 is 46.9. The number of H-pyrrole nitrogens is 1. The average Bonchev–Trinajstić information content (AvgIpc) is 3.19. The van der Waals surface area contributed by atoms with Gasteiger partial charge in [0.2, 0.25) is 5.89 Å². The van der Waals surface area contributed by atoms with Gasteiger partial charge in [-0.3, -0.25) is 9.89 Å². The van der Waals surface area contributed by atoms with Crippen molar-refractivity contribution in [1.82, 2.24) is 24.8 Å². The second-order valence-corrected chi connectivity index (χ2v) is 5.89. The zero-order valence-electron chi connectivity index (χ0n) is 14.1. The van der Waals surface area contributed by atoms with Gasteiger partial charge in [0.25, 0.3) is 11.4 Å². The van der Waals surface area contributed by atoms with Gasteiger partial charge in [0.1, 0.15) is 11.3 Å². The van der Waals surface area contributed by atoms with E-state index in [2.05, 4.69) is 20.3 Å². The molecule has 0 saturated heterocycles. The van der Waals surface area contributed by atoms with Gasteiger partial charge in [0.15, 0.2) is 5.65 Å². The Kier molecular flexibility index (Phi) is 3.65. The molecule has 7 nitrogen and oxygen atoms in total. The number of aromatic nitrogens is 5. The maximum atomic E-state index is 13.6. The molecule has 4 rings (SSSR count). The van der Waals surface area contributed by atoms with Crippen LogP contribution in [0.1, 0.15) is 17.3 Å². The first kappa shape index (κ1) is 17.0.